The van der Waals surface area contributed by atoms with E-state index in [2.05, 4.69) is 25.7 Å². The van der Waals surface area contributed by atoms with Crippen LogP contribution in [0.15, 0.2) is 27.7 Å². The third-order valence-corrected chi connectivity index (χ3v) is 6.70. The zero-order valence-corrected chi connectivity index (χ0v) is 17.0. The van der Waals surface area contributed by atoms with E-state index in [0.29, 0.717) is 12.1 Å². The minimum absolute atomic E-state index is 0.0850. The van der Waals surface area contributed by atoms with Crippen LogP contribution in [-0.2, 0) is 27.6 Å². The summed E-state index contributed by atoms with van der Waals surface area (Å²) >= 11 is 2.74. The number of sulfonamides is 1. The van der Waals surface area contributed by atoms with Crippen LogP contribution in [0, 0.1) is 11.6 Å². The van der Waals surface area contributed by atoms with Crippen LogP contribution in [0.4, 0.5) is 36.4 Å². The summed E-state index contributed by atoms with van der Waals surface area (Å²) in [5.74, 6) is -2.05. The summed E-state index contributed by atoms with van der Waals surface area (Å²) in [5.41, 5.74) is -4.25. The number of aromatic nitrogens is 1. The number of rotatable bonds is 5. The largest absolute Gasteiger partial charge is 0.418 e. The predicted molar refractivity (Wildman–Crippen MR) is 93.6 cm³/mol. The van der Waals surface area contributed by atoms with Gasteiger partial charge in [0.1, 0.15) is 16.5 Å². The van der Waals surface area contributed by atoms with E-state index >= 15 is 0 Å². The summed E-state index contributed by atoms with van der Waals surface area (Å²) < 4.78 is 124. The maximum absolute atomic E-state index is 14.0. The average molecular weight is 525 g/mol. The zero-order chi connectivity index (χ0) is 22.5. The van der Waals surface area contributed by atoms with Crippen molar-refractivity contribution in [3.63, 3.8) is 0 Å². The topological polar surface area (TPSA) is 71.2 Å². The molecule has 2 aromatic rings. The van der Waals surface area contributed by atoms with E-state index in [1.165, 1.54) is 0 Å². The van der Waals surface area contributed by atoms with Gasteiger partial charge in [-0.05, 0) is 40.4 Å². The molecule has 1 heterocycles. The van der Waals surface area contributed by atoms with Gasteiger partial charge in [-0.1, -0.05) is 0 Å². The van der Waals surface area contributed by atoms with Gasteiger partial charge in [0.05, 0.1) is 10.2 Å². The third kappa shape index (κ3) is 4.17. The van der Waals surface area contributed by atoms with Crippen molar-refractivity contribution in [3.8, 4) is 0 Å². The summed E-state index contributed by atoms with van der Waals surface area (Å²) in [6.45, 7) is -3.69. The highest BCUT2D eigenvalue weighted by atomic mass is 79.9. The minimum atomic E-state index is -5.14. The van der Waals surface area contributed by atoms with Crippen LogP contribution < -0.4 is 4.72 Å². The number of ether oxygens (including phenoxy) is 1. The van der Waals surface area contributed by atoms with Crippen molar-refractivity contribution >= 4 is 31.6 Å². The van der Waals surface area contributed by atoms with Crippen molar-refractivity contribution in [1.82, 2.24) is 4.98 Å². The van der Waals surface area contributed by atoms with Crippen LogP contribution >= 0.6 is 15.9 Å². The van der Waals surface area contributed by atoms with Crippen LogP contribution in [0.2, 0.25) is 0 Å². The number of benzene rings is 1. The summed E-state index contributed by atoms with van der Waals surface area (Å²) in [5, 5.41) is 0. The van der Waals surface area contributed by atoms with Gasteiger partial charge in [-0.2, -0.15) is 22.0 Å². The van der Waals surface area contributed by atoms with Gasteiger partial charge < -0.3 is 9.72 Å². The van der Waals surface area contributed by atoms with Crippen LogP contribution in [0.5, 0.6) is 0 Å². The lowest BCUT2D eigenvalue weighted by molar-refractivity contribution is -0.330. The zero-order valence-electron chi connectivity index (χ0n) is 14.6. The molecule has 14 heteroatoms. The Hall–Kier alpha value is -1.80. The smallest absolute Gasteiger partial charge is 0.363 e. The summed E-state index contributed by atoms with van der Waals surface area (Å²) in [7, 11) is -4.53. The lowest BCUT2D eigenvalue weighted by Gasteiger charge is -2.38. The molecule has 1 aromatic heterocycles. The molecule has 30 heavy (non-hydrogen) atoms. The number of alkyl halides is 5. The normalized spacial score (nSPS) is 19.8. The molecule has 2 N–H and O–H groups in total. The van der Waals surface area contributed by atoms with Crippen molar-refractivity contribution in [1.29, 1.82) is 0 Å². The van der Waals surface area contributed by atoms with E-state index < -0.39 is 69.9 Å². The number of nitrogens with one attached hydrogen (secondary N) is 2. The van der Waals surface area contributed by atoms with Crippen molar-refractivity contribution in [2.75, 3.05) is 4.72 Å². The Labute approximate surface area is 173 Å². The molecule has 1 aliphatic rings. The highest BCUT2D eigenvalue weighted by Crippen LogP contribution is 2.45. The van der Waals surface area contributed by atoms with Crippen LogP contribution in [0.3, 0.4) is 0 Å². The quantitative estimate of drug-likeness (QED) is 0.432. The molecule has 0 saturated carbocycles. The van der Waals surface area contributed by atoms with Gasteiger partial charge in [0.15, 0.2) is 5.60 Å². The molecule has 166 valence electrons. The predicted octanol–water partition coefficient (Wildman–Crippen LogP) is 4.89. The molecule has 5 nitrogen and oxygen atoms in total. The first kappa shape index (κ1) is 22.9. The molecule has 0 radical (unpaired) electrons. The summed E-state index contributed by atoms with van der Waals surface area (Å²) in [6, 6.07) is 1.28. The van der Waals surface area contributed by atoms with Gasteiger partial charge >= 0.3 is 12.8 Å². The Kier molecular flexibility index (Phi) is 5.88. The fraction of sp³-hybridized carbons (Fsp3) is 0.375. The van der Waals surface area contributed by atoms with E-state index in [9.17, 15) is 39.2 Å². The van der Waals surface area contributed by atoms with Crippen molar-refractivity contribution in [2.24, 2.45) is 0 Å². The van der Waals surface area contributed by atoms with E-state index in [1.54, 1.807) is 0 Å². The van der Waals surface area contributed by atoms with Gasteiger partial charge in [0, 0.05) is 24.4 Å². The molecule has 0 amide bonds. The first-order valence-corrected chi connectivity index (χ1v) is 10.4. The van der Waals surface area contributed by atoms with Gasteiger partial charge in [-0.3, -0.25) is 4.72 Å². The molecule has 1 atom stereocenters. The maximum atomic E-state index is 14.0. The van der Waals surface area contributed by atoms with E-state index in [4.69, 9.17) is 0 Å². The summed E-state index contributed by atoms with van der Waals surface area (Å²) in [4.78, 5) is 1.83. The average Bonchev–Trinajstić information content (AvgIpc) is 3.02. The van der Waals surface area contributed by atoms with Crippen molar-refractivity contribution in [3.05, 3.63) is 45.7 Å². The molecular formula is C16H12BrF7N2O3S. The number of H-pyrrole nitrogens is 1. The Bertz CT molecular complexity index is 1070. The lowest BCUT2D eigenvalue weighted by Crippen LogP contribution is -2.52. The van der Waals surface area contributed by atoms with Gasteiger partial charge in [0.2, 0.25) is 0 Å². The van der Waals surface area contributed by atoms with Gasteiger partial charge in [-0.15, -0.1) is 0 Å². The Morgan fingerprint density at radius 3 is 2.47 bits per heavy atom. The molecule has 1 unspecified atom stereocenters. The molecule has 0 aliphatic heterocycles. The lowest BCUT2D eigenvalue weighted by atomic mass is 9.83. The number of hydrogen-bond acceptors (Lipinski definition) is 3. The number of hydrogen-bond donors (Lipinski definition) is 2. The standard InChI is InChI=1S/C16H12BrF7N2O3S/c17-8-3-10(19)11(4-9(8)18)26-30(27,28)13-6-25-12-5-15(16(22,23)24,29-14(20)21)2-1-7(12)13/h3-4,6,14,25-26H,1-2,5H2. The fourth-order valence-corrected chi connectivity index (χ4v) is 4.86. The van der Waals surface area contributed by atoms with E-state index in [1.807, 2.05) is 4.72 Å². The van der Waals surface area contributed by atoms with E-state index in [0.717, 1.165) is 6.20 Å². The molecule has 0 fully saturated rings. The number of anilines is 1. The molecular weight excluding hydrogens is 513 g/mol. The van der Waals surface area contributed by atoms with Crippen LogP contribution in [0.25, 0.3) is 0 Å². The molecule has 0 bridgehead atoms. The SMILES string of the molecule is O=S(=O)(Nc1cc(F)c(Br)cc1F)c1c[nH]c2c1CCC(OC(F)F)(C(F)(F)F)C2. The maximum Gasteiger partial charge on any atom is 0.418 e. The highest BCUT2D eigenvalue weighted by Gasteiger charge is 2.59. The Balaban J connectivity index is 1.95. The van der Waals surface area contributed by atoms with E-state index in [-0.39, 0.29) is 15.7 Å². The second-order valence-electron chi connectivity index (χ2n) is 6.51. The van der Waals surface area contributed by atoms with Crippen LogP contribution in [0.1, 0.15) is 17.7 Å². The number of fused-ring (bicyclic) bond motifs is 1. The molecule has 1 aliphatic carbocycles. The van der Waals surface area contributed by atoms with Gasteiger partial charge in [-0.25, -0.2) is 17.2 Å². The number of aromatic amines is 1. The Morgan fingerprint density at radius 1 is 1.20 bits per heavy atom. The third-order valence-electron chi connectivity index (χ3n) is 4.66. The van der Waals surface area contributed by atoms with Crippen LogP contribution in [-0.4, -0.2) is 31.8 Å². The minimum Gasteiger partial charge on any atom is -0.363 e. The molecule has 0 spiro atoms. The second kappa shape index (κ2) is 7.71. The fourth-order valence-electron chi connectivity index (χ4n) is 3.23. The van der Waals surface area contributed by atoms with Gasteiger partial charge in [0.25, 0.3) is 10.0 Å². The van der Waals surface area contributed by atoms with Crippen molar-refractivity contribution < 1.29 is 43.9 Å². The molecule has 3 rings (SSSR count). The Morgan fingerprint density at radius 2 is 1.87 bits per heavy atom. The first-order valence-electron chi connectivity index (χ1n) is 8.15. The second-order valence-corrected chi connectivity index (χ2v) is 9.01. The summed E-state index contributed by atoms with van der Waals surface area (Å²) in [6.07, 6.45) is -6.85. The first-order chi connectivity index (χ1) is 13.8. The van der Waals surface area contributed by atoms with Crippen molar-refractivity contribution in [2.45, 2.75) is 42.5 Å². The highest BCUT2D eigenvalue weighted by molar-refractivity contribution is 9.10. The molecule has 1 aromatic carbocycles. The number of halogens is 8. The molecule has 0 saturated heterocycles. The monoisotopic (exact) mass is 524 g/mol.